The van der Waals surface area contributed by atoms with Crippen LogP contribution in [0.1, 0.15) is 15.9 Å². The average molecular weight is 341 g/mol. The van der Waals surface area contributed by atoms with Gasteiger partial charge in [0.2, 0.25) is 0 Å². The number of benzene rings is 1. The number of hydrogen-bond donors (Lipinski definition) is 2. The number of halogens is 2. The predicted molar refractivity (Wildman–Crippen MR) is 88.8 cm³/mol. The molecule has 0 bridgehead atoms. The topological polar surface area (TPSA) is 75.1 Å². The second-order valence-electron chi connectivity index (χ2n) is 5.39. The number of nitrogens with zero attached hydrogens (tertiary/aromatic N) is 2. The van der Waals surface area contributed by atoms with Gasteiger partial charge in [0.25, 0.3) is 0 Å². The van der Waals surface area contributed by atoms with E-state index in [-0.39, 0.29) is 16.8 Å². The first-order chi connectivity index (χ1) is 12.0. The summed E-state index contributed by atoms with van der Waals surface area (Å²) in [4.78, 5) is 18.8. The third kappa shape index (κ3) is 3.45. The zero-order valence-corrected chi connectivity index (χ0v) is 13.1. The summed E-state index contributed by atoms with van der Waals surface area (Å²) in [5.41, 5.74) is 1.68. The largest absolute Gasteiger partial charge is 0.478 e. The third-order valence-corrected chi connectivity index (χ3v) is 3.56. The van der Waals surface area contributed by atoms with Crippen molar-refractivity contribution in [1.29, 1.82) is 0 Å². The molecule has 3 rings (SSSR count). The van der Waals surface area contributed by atoms with Gasteiger partial charge in [0, 0.05) is 0 Å². The minimum Gasteiger partial charge on any atom is -0.478 e. The summed E-state index contributed by atoms with van der Waals surface area (Å²) >= 11 is 0. The number of aromatic carboxylic acids is 1. The van der Waals surface area contributed by atoms with E-state index >= 15 is 0 Å². The lowest BCUT2D eigenvalue weighted by molar-refractivity contribution is 0.0698. The van der Waals surface area contributed by atoms with Gasteiger partial charge in [-0.2, -0.15) is 0 Å². The maximum atomic E-state index is 13.7. The molecule has 0 aliphatic carbocycles. The molecule has 126 valence electrons. The van der Waals surface area contributed by atoms with Crippen molar-refractivity contribution in [1.82, 2.24) is 9.97 Å². The molecule has 7 heteroatoms. The lowest BCUT2D eigenvalue weighted by atomic mass is 10.1. The number of carboxylic acid groups (broad SMARTS) is 1. The van der Waals surface area contributed by atoms with E-state index in [0.717, 1.165) is 18.0 Å². The number of rotatable bonds is 4. The van der Waals surface area contributed by atoms with Crippen LogP contribution in [0, 0.1) is 18.6 Å². The Hall–Kier alpha value is -3.35. The van der Waals surface area contributed by atoms with Crippen LogP contribution in [0.3, 0.4) is 0 Å². The van der Waals surface area contributed by atoms with E-state index in [2.05, 4.69) is 15.3 Å². The number of pyridine rings is 2. The summed E-state index contributed by atoms with van der Waals surface area (Å²) in [6.45, 7) is 1.80. The molecular formula is C18H13F2N3O2. The summed E-state index contributed by atoms with van der Waals surface area (Å²) in [7, 11) is 0. The van der Waals surface area contributed by atoms with Gasteiger partial charge in [-0.05, 0) is 31.2 Å². The molecule has 5 nitrogen and oxygen atoms in total. The molecular weight excluding hydrogens is 328 g/mol. The zero-order valence-electron chi connectivity index (χ0n) is 13.1. The predicted octanol–water partition coefficient (Wildman–Crippen LogP) is 4.17. The summed E-state index contributed by atoms with van der Waals surface area (Å²) in [5.74, 6) is -2.67. The summed E-state index contributed by atoms with van der Waals surface area (Å²) in [6, 6.07) is 7.98. The van der Waals surface area contributed by atoms with E-state index in [1.54, 1.807) is 31.2 Å². The van der Waals surface area contributed by atoms with Crippen LogP contribution >= 0.6 is 0 Å². The molecule has 0 aliphatic rings. The van der Waals surface area contributed by atoms with Crippen LogP contribution in [0.5, 0.6) is 0 Å². The SMILES string of the molecule is Cc1ccc(Nc2ccc(-c3c(F)cncc3F)nc2)c(C(=O)O)c1. The Morgan fingerprint density at radius 3 is 2.40 bits per heavy atom. The Morgan fingerprint density at radius 2 is 1.80 bits per heavy atom. The first-order valence-electron chi connectivity index (χ1n) is 7.32. The number of aromatic nitrogens is 2. The average Bonchev–Trinajstić information content (AvgIpc) is 2.57. The zero-order chi connectivity index (χ0) is 18.0. The molecule has 0 aliphatic heterocycles. The fourth-order valence-corrected chi connectivity index (χ4v) is 2.37. The van der Waals surface area contributed by atoms with Gasteiger partial charge >= 0.3 is 5.97 Å². The van der Waals surface area contributed by atoms with Crippen LogP contribution in [-0.2, 0) is 0 Å². The number of nitrogens with one attached hydrogen (secondary N) is 1. The highest BCUT2D eigenvalue weighted by atomic mass is 19.1. The van der Waals surface area contributed by atoms with Gasteiger partial charge in [-0.1, -0.05) is 11.6 Å². The molecule has 2 N–H and O–H groups in total. The van der Waals surface area contributed by atoms with Gasteiger partial charge in [-0.25, -0.2) is 13.6 Å². The maximum absolute atomic E-state index is 13.7. The van der Waals surface area contributed by atoms with E-state index in [1.165, 1.54) is 12.3 Å². The number of aryl methyl sites for hydroxylation is 1. The van der Waals surface area contributed by atoms with Crippen LogP contribution in [0.15, 0.2) is 48.9 Å². The van der Waals surface area contributed by atoms with Crippen molar-refractivity contribution in [2.75, 3.05) is 5.32 Å². The molecule has 2 heterocycles. The molecule has 25 heavy (non-hydrogen) atoms. The highest BCUT2D eigenvalue weighted by Gasteiger charge is 2.14. The van der Waals surface area contributed by atoms with Crippen molar-refractivity contribution in [3.05, 3.63) is 71.7 Å². The number of carbonyl (C=O) groups is 1. The van der Waals surface area contributed by atoms with Gasteiger partial charge in [-0.3, -0.25) is 9.97 Å². The monoisotopic (exact) mass is 341 g/mol. The van der Waals surface area contributed by atoms with E-state index in [9.17, 15) is 18.7 Å². The van der Waals surface area contributed by atoms with Crippen molar-refractivity contribution in [2.24, 2.45) is 0 Å². The normalized spacial score (nSPS) is 10.5. The standard InChI is InChI=1S/C18H13F2N3O2/c1-10-2-4-15(12(6-10)18(24)25)23-11-3-5-16(22-7-11)17-13(19)8-21-9-14(17)20/h2-9,23H,1H3,(H,24,25). The molecule has 3 aromatic rings. The van der Waals surface area contributed by atoms with Crippen molar-refractivity contribution >= 4 is 17.3 Å². The molecule has 0 saturated heterocycles. The van der Waals surface area contributed by atoms with Crippen LogP contribution in [0.25, 0.3) is 11.3 Å². The summed E-state index contributed by atoms with van der Waals surface area (Å²) < 4.78 is 27.5. The van der Waals surface area contributed by atoms with E-state index in [0.29, 0.717) is 11.4 Å². The lowest BCUT2D eigenvalue weighted by Crippen LogP contribution is -2.03. The van der Waals surface area contributed by atoms with Crippen LogP contribution < -0.4 is 5.32 Å². The van der Waals surface area contributed by atoms with Gasteiger partial charge in [-0.15, -0.1) is 0 Å². The molecule has 0 spiro atoms. The number of carboxylic acids is 1. The van der Waals surface area contributed by atoms with Crippen molar-refractivity contribution in [3.8, 4) is 11.3 Å². The van der Waals surface area contributed by atoms with Crippen molar-refractivity contribution in [3.63, 3.8) is 0 Å². The Balaban J connectivity index is 1.91. The molecule has 0 amide bonds. The van der Waals surface area contributed by atoms with Gasteiger partial charge in [0.05, 0.1) is 46.8 Å². The van der Waals surface area contributed by atoms with E-state index in [1.807, 2.05) is 0 Å². The van der Waals surface area contributed by atoms with Crippen LogP contribution in [0.2, 0.25) is 0 Å². The Labute approximate surface area is 142 Å². The first-order valence-corrected chi connectivity index (χ1v) is 7.32. The number of anilines is 2. The van der Waals surface area contributed by atoms with E-state index < -0.39 is 17.6 Å². The smallest absolute Gasteiger partial charge is 0.337 e. The highest BCUT2D eigenvalue weighted by molar-refractivity contribution is 5.95. The molecule has 0 atom stereocenters. The van der Waals surface area contributed by atoms with Gasteiger partial charge in [0.15, 0.2) is 11.6 Å². The first kappa shape index (κ1) is 16.5. The van der Waals surface area contributed by atoms with Crippen LogP contribution in [-0.4, -0.2) is 21.0 Å². The lowest BCUT2D eigenvalue weighted by Gasteiger charge is -2.11. The van der Waals surface area contributed by atoms with Crippen LogP contribution in [0.4, 0.5) is 20.2 Å². The quantitative estimate of drug-likeness (QED) is 0.745. The van der Waals surface area contributed by atoms with E-state index in [4.69, 9.17) is 0 Å². The fraction of sp³-hybridized carbons (Fsp3) is 0.0556. The molecule has 0 saturated carbocycles. The third-order valence-electron chi connectivity index (χ3n) is 3.56. The maximum Gasteiger partial charge on any atom is 0.337 e. The van der Waals surface area contributed by atoms with Gasteiger partial charge in [0.1, 0.15) is 0 Å². The molecule has 0 unspecified atom stereocenters. The summed E-state index contributed by atoms with van der Waals surface area (Å²) in [6.07, 6.45) is 3.20. The minimum absolute atomic E-state index is 0.116. The van der Waals surface area contributed by atoms with Crippen molar-refractivity contribution < 1.29 is 18.7 Å². The fourth-order valence-electron chi connectivity index (χ4n) is 2.37. The Kier molecular flexibility index (Phi) is 4.38. The Bertz CT molecular complexity index is 923. The Morgan fingerprint density at radius 1 is 1.08 bits per heavy atom. The minimum atomic E-state index is -1.06. The number of hydrogen-bond acceptors (Lipinski definition) is 4. The molecule has 0 radical (unpaired) electrons. The molecule has 2 aromatic heterocycles. The van der Waals surface area contributed by atoms with Crippen molar-refractivity contribution in [2.45, 2.75) is 6.92 Å². The van der Waals surface area contributed by atoms with Gasteiger partial charge < -0.3 is 10.4 Å². The molecule has 0 fully saturated rings. The molecule has 1 aromatic carbocycles. The second kappa shape index (κ2) is 6.64. The highest BCUT2D eigenvalue weighted by Crippen LogP contribution is 2.26. The summed E-state index contributed by atoms with van der Waals surface area (Å²) in [5, 5.41) is 12.2. The second-order valence-corrected chi connectivity index (χ2v) is 5.39.